The molecule has 326 valence electrons. The lowest BCUT2D eigenvalue weighted by molar-refractivity contribution is -0.360. The Morgan fingerprint density at radius 3 is 1.37 bits per heavy atom. The second kappa shape index (κ2) is 26.8. The lowest BCUT2D eigenvalue weighted by Crippen LogP contribution is -2.67. The van der Waals surface area contributed by atoms with E-state index >= 15 is 0 Å². The molecule has 10 atom stereocenters. The van der Waals surface area contributed by atoms with Gasteiger partial charge in [0.15, 0.2) is 43.1 Å². The Labute approximate surface area is 343 Å². The summed E-state index contributed by atoms with van der Waals surface area (Å²) in [5.41, 5.74) is 0. The number of rotatable bonds is 24. The summed E-state index contributed by atoms with van der Waals surface area (Å²) in [4.78, 5) is 85.9. The molecular weight excluding hydrogens is 797 g/mol. The van der Waals surface area contributed by atoms with Gasteiger partial charge in [0.25, 0.3) is 0 Å². The molecule has 0 aliphatic carbocycles. The van der Waals surface area contributed by atoms with Crippen molar-refractivity contribution in [3.63, 3.8) is 0 Å². The van der Waals surface area contributed by atoms with Crippen LogP contribution in [0.1, 0.15) is 93.4 Å². The van der Waals surface area contributed by atoms with Crippen LogP contribution in [0.4, 0.5) is 0 Å². The molecule has 0 aromatic carbocycles. The maximum absolute atomic E-state index is 12.6. The van der Waals surface area contributed by atoms with Crippen LogP contribution in [0.15, 0.2) is 0 Å². The maximum atomic E-state index is 12.6. The van der Waals surface area contributed by atoms with Gasteiger partial charge in [-0.3, -0.25) is 33.6 Å². The highest BCUT2D eigenvalue weighted by Gasteiger charge is 2.57. The van der Waals surface area contributed by atoms with Gasteiger partial charge < -0.3 is 52.1 Å². The van der Waals surface area contributed by atoms with Crippen molar-refractivity contribution in [1.29, 1.82) is 0 Å². The van der Waals surface area contributed by atoms with E-state index in [2.05, 4.69) is 12.6 Å². The van der Waals surface area contributed by atoms with Gasteiger partial charge in [0.2, 0.25) is 0 Å². The van der Waals surface area contributed by atoms with Gasteiger partial charge in [0.1, 0.15) is 31.5 Å². The Morgan fingerprint density at radius 2 is 0.877 bits per heavy atom. The molecule has 0 amide bonds. The van der Waals surface area contributed by atoms with Crippen molar-refractivity contribution in [3.05, 3.63) is 0 Å². The first-order valence-electron chi connectivity index (χ1n) is 18.9. The lowest BCUT2D eigenvalue weighted by Gasteiger charge is -2.48. The zero-order valence-corrected chi connectivity index (χ0v) is 35.4. The fourth-order valence-corrected chi connectivity index (χ4v) is 7.18. The molecule has 20 heteroatoms. The van der Waals surface area contributed by atoms with Crippen molar-refractivity contribution in [3.8, 4) is 0 Å². The average molecular weight is 855 g/mol. The minimum absolute atomic E-state index is 0.134. The van der Waals surface area contributed by atoms with E-state index in [1.807, 2.05) is 0 Å². The summed E-state index contributed by atoms with van der Waals surface area (Å²) in [5.74, 6) is -3.33. The highest BCUT2D eigenvalue weighted by molar-refractivity contribution is 7.99. The summed E-state index contributed by atoms with van der Waals surface area (Å²) < 4.78 is 62.9. The van der Waals surface area contributed by atoms with Crippen molar-refractivity contribution in [1.82, 2.24) is 0 Å². The predicted molar refractivity (Wildman–Crippen MR) is 203 cm³/mol. The molecule has 2 aliphatic heterocycles. The second-order valence-electron chi connectivity index (χ2n) is 13.3. The van der Waals surface area contributed by atoms with Gasteiger partial charge in [-0.1, -0.05) is 32.1 Å². The fraction of sp³-hybridized carbons (Fsp3) is 0.811. The minimum atomic E-state index is -1.77. The molecule has 2 fully saturated rings. The first kappa shape index (κ1) is 50.0. The van der Waals surface area contributed by atoms with Crippen LogP contribution in [0.5, 0.6) is 0 Å². The van der Waals surface area contributed by atoms with Gasteiger partial charge in [-0.25, -0.2) is 0 Å². The summed E-state index contributed by atoms with van der Waals surface area (Å²) in [7, 11) is 0. The molecule has 0 aromatic heterocycles. The number of hydrogen-bond acceptors (Lipinski definition) is 20. The topological polar surface area (TPSA) is 221 Å². The molecule has 18 nitrogen and oxygen atoms in total. The van der Waals surface area contributed by atoms with Gasteiger partial charge in [-0.15, -0.1) is 0 Å². The largest absolute Gasteiger partial charge is 0.463 e. The van der Waals surface area contributed by atoms with E-state index in [0.717, 1.165) is 85.7 Å². The highest BCUT2D eigenvalue weighted by atomic mass is 32.2. The van der Waals surface area contributed by atoms with Gasteiger partial charge >= 0.3 is 41.8 Å². The smallest absolute Gasteiger partial charge is 0.303 e. The van der Waals surface area contributed by atoms with Gasteiger partial charge in [-0.2, -0.15) is 24.4 Å². The first-order chi connectivity index (χ1) is 27.0. The number of esters is 7. The van der Waals surface area contributed by atoms with E-state index in [0.29, 0.717) is 5.75 Å². The normalized spacial score (nSPS) is 27.0. The Balaban J connectivity index is 2.45. The van der Waals surface area contributed by atoms with Crippen molar-refractivity contribution in [2.24, 2.45) is 0 Å². The molecule has 2 aliphatic rings. The van der Waals surface area contributed by atoms with Crippen LogP contribution in [-0.2, 0) is 85.7 Å². The third-order valence-corrected chi connectivity index (χ3v) is 9.69. The molecule has 2 heterocycles. The van der Waals surface area contributed by atoms with E-state index in [9.17, 15) is 33.6 Å². The molecule has 2 saturated heterocycles. The summed E-state index contributed by atoms with van der Waals surface area (Å²) in [6.07, 6.45) is -7.10. The van der Waals surface area contributed by atoms with Crippen LogP contribution in [0, 0.1) is 0 Å². The second-order valence-corrected chi connectivity index (χ2v) is 15.0. The lowest BCUT2D eigenvalue weighted by atomic mass is 9.96. The van der Waals surface area contributed by atoms with Crippen LogP contribution in [0.25, 0.3) is 0 Å². The fourth-order valence-electron chi connectivity index (χ4n) is 6.13. The van der Waals surface area contributed by atoms with Gasteiger partial charge in [0, 0.05) is 54.2 Å². The SMILES string of the molecule is CC(=O)OC[C@H]1O[C@@H](O[C@@H]2[C@H](OC(C)=O)[C@@H](OC(C)=O)[C@@H](OCCSCCCCCCCCCS)O[C@@H]2COC(C)=O)[C@H](OC(C)=O)[C@@H](OC(C)=O)[C@H]1OC(C)=O. The van der Waals surface area contributed by atoms with Gasteiger partial charge in [0.05, 0.1) is 6.61 Å². The molecule has 0 unspecified atom stereocenters. The highest BCUT2D eigenvalue weighted by Crippen LogP contribution is 2.35. The van der Waals surface area contributed by atoms with Crippen molar-refractivity contribution >= 4 is 66.2 Å². The number of ether oxygens (including phenoxy) is 11. The maximum Gasteiger partial charge on any atom is 0.303 e. The number of carbonyl (C=O) groups excluding carboxylic acids is 7. The van der Waals surface area contributed by atoms with Crippen molar-refractivity contribution in [2.75, 3.05) is 37.1 Å². The summed E-state index contributed by atoms with van der Waals surface area (Å²) in [6.45, 7) is 6.75. The third kappa shape index (κ3) is 19.0. The molecule has 0 aromatic rings. The molecular formula is C37H58O18S2. The van der Waals surface area contributed by atoms with Crippen LogP contribution in [0.2, 0.25) is 0 Å². The number of carbonyl (C=O) groups is 7. The Kier molecular flexibility index (Phi) is 23.5. The predicted octanol–water partition coefficient (Wildman–Crippen LogP) is 3.02. The Bertz CT molecular complexity index is 1320. The Hall–Kier alpha value is -3.17. The van der Waals surface area contributed by atoms with E-state index in [1.54, 1.807) is 11.8 Å². The monoisotopic (exact) mass is 854 g/mol. The van der Waals surface area contributed by atoms with Crippen LogP contribution in [-0.4, -0.2) is 140 Å². The number of thioether (sulfide) groups is 1. The zero-order valence-electron chi connectivity index (χ0n) is 33.7. The van der Waals surface area contributed by atoms with Crippen molar-refractivity contribution < 1.29 is 85.7 Å². The van der Waals surface area contributed by atoms with Crippen LogP contribution in [0.3, 0.4) is 0 Å². The third-order valence-electron chi connectivity index (χ3n) is 8.34. The minimum Gasteiger partial charge on any atom is -0.463 e. The number of thiol groups is 1. The average Bonchev–Trinajstić information content (AvgIpc) is 3.10. The summed E-state index contributed by atoms with van der Waals surface area (Å²) >= 11 is 5.91. The standard InChI is InChI=1S/C37H58O18S2/c1-21(38)46-19-28-30(48-23(3)40)32(49-24(4)41)35(52-27(7)44)37(54-28)55-31-29(20-47-22(2)39)53-36(34(51-26(6)43)33(31)50-25(5)42)45-15-18-57-17-14-12-10-8-9-11-13-16-56/h28-37,56H,8-20H2,1-7H3/t28-,29-,30+,31+,32+,33+,34-,35-,36+,37+/m1/s1. The van der Waals surface area contributed by atoms with Crippen LogP contribution >= 0.6 is 24.4 Å². The van der Waals surface area contributed by atoms with E-state index < -0.39 is 116 Å². The molecule has 57 heavy (non-hydrogen) atoms. The van der Waals surface area contributed by atoms with E-state index in [1.165, 1.54) is 19.3 Å². The molecule has 0 bridgehead atoms. The molecule has 0 N–H and O–H groups in total. The van der Waals surface area contributed by atoms with Crippen molar-refractivity contribution in [2.45, 2.75) is 155 Å². The summed E-state index contributed by atoms with van der Waals surface area (Å²) in [6, 6.07) is 0. The molecule has 0 saturated carbocycles. The number of hydrogen-bond donors (Lipinski definition) is 1. The Morgan fingerprint density at radius 1 is 0.474 bits per heavy atom. The molecule has 0 spiro atoms. The zero-order chi connectivity index (χ0) is 42.5. The number of unbranched alkanes of at least 4 members (excludes halogenated alkanes) is 6. The summed E-state index contributed by atoms with van der Waals surface area (Å²) in [5, 5.41) is 0. The molecule has 2 rings (SSSR count). The quantitative estimate of drug-likeness (QED) is 0.0638. The van der Waals surface area contributed by atoms with E-state index in [-0.39, 0.29) is 6.61 Å². The first-order valence-corrected chi connectivity index (χ1v) is 20.7. The van der Waals surface area contributed by atoms with Gasteiger partial charge in [-0.05, 0) is 24.3 Å². The van der Waals surface area contributed by atoms with Crippen LogP contribution < -0.4 is 0 Å². The van der Waals surface area contributed by atoms with E-state index in [4.69, 9.17) is 52.1 Å². The molecule has 0 radical (unpaired) electrons.